The van der Waals surface area contributed by atoms with Gasteiger partial charge in [0.05, 0.1) is 54.4 Å². The summed E-state index contributed by atoms with van der Waals surface area (Å²) in [6, 6.07) is 7.08. The van der Waals surface area contributed by atoms with E-state index in [0.717, 1.165) is 45.1 Å². The van der Waals surface area contributed by atoms with Crippen LogP contribution in [0, 0.1) is 11.3 Å². The number of esters is 1. The Bertz CT molecular complexity index is 2740. The Morgan fingerprint density at radius 2 is 1.81 bits per heavy atom. The molecule has 2 saturated carbocycles. The van der Waals surface area contributed by atoms with Crippen LogP contribution in [0.4, 0.5) is 13.2 Å². The molecule has 1 unspecified atom stereocenters. The summed E-state index contributed by atoms with van der Waals surface area (Å²) in [6.45, 7) is 10.1. The largest absolute Gasteiger partial charge is 0.464 e. The van der Waals surface area contributed by atoms with Crippen molar-refractivity contribution in [3.05, 3.63) is 58.2 Å². The number of thiazole rings is 1. The lowest BCUT2D eigenvalue weighted by atomic mass is 9.84. The highest BCUT2D eigenvalue weighted by molar-refractivity contribution is 7.10. The molecule has 6 fully saturated rings. The highest BCUT2D eigenvalue weighted by Gasteiger charge is 2.57. The maximum atomic E-state index is 15.1. The Kier molecular flexibility index (Phi) is 13.1. The number of hydrazine groups is 1. The first kappa shape index (κ1) is 49.3. The van der Waals surface area contributed by atoms with E-state index in [-0.39, 0.29) is 49.1 Å². The van der Waals surface area contributed by atoms with Crippen LogP contribution in [-0.4, -0.2) is 152 Å². The van der Waals surface area contributed by atoms with Crippen molar-refractivity contribution in [1.29, 1.82) is 0 Å². The number of cyclic esters (lactones) is 1. The monoisotopic (exact) mass is 1010 g/mol. The Balaban J connectivity index is 0.923. The van der Waals surface area contributed by atoms with Gasteiger partial charge in [0, 0.05) is 77.7 Å². The number of ether oxygens (including phenoxy) is 2. The number of fused-ring (bicyclic) bond motifs is 6. The van der Waals surface area contributed by atoms with E-state index in [1.807, 2.05) is 50.1 Å². The number of morpholine rings is 1. The van der Waals surface area contributed by atoms with Crippen molar-refractivity contribution in [3.8, 4) is 22.5 Å². The first-order chi connectivity index (χ1) is 34.4. The number of nitrogens with one attached hydrogen (secondary N) is 2. The second kappa shape index (κ2) is 19.1. The van der Waals surface area contributed by atoms with E-state index in [9.17, 15) is 27.6 Å². The highest BCUT2D eigenvalue weighted by Crippen LogP contribution is 2.44. The van der Waals surface area contributed by atoms with Crippen LogP contribution in [0.5, 0.6) is 0 Å². The third kappa shape index (κ3) is 9.92. The van der Waals surface area contributed by atoms with Gasteiger partial charge in [-0.2, -0.15) is 13.2 Å². The van der Waals surface area contributed by atoms with Gasteiger partial charge in [-0.3, -0.25) is 39.0 Å². The van der Waals surface area contributed by atoms with Gasteiger partial charge in [0.25, 0.3) is 5.91 Å². The molecule has 2 N–H and O–H groups in total. The van der Waals surface area contributed by atoms with E-state index >= 15 is 4.79 Å². The van der Waals surface area contributed by atoms with E-state index in [1.54, 1.807) is 24.4 Å². The van der Waals surface area contributed by atoms with Crippen molar-refractivity contribution in [3.63, 3.8) is 0 Å². The van der Waals surface area contributed by atoms with Crippen molar-refractivity contribution in [2.24, 2.45) is 11.3 Å². The molecule has 6 bridgehead atoms. The minimum absolute atomic E-state index is 0.0245. The minimum Gasteiger partial charge on any atom is -0.464 e. The number of pyridine rings is 1. The standard InChI is InChI=1S/C53H66F3N9O6S/c1-31(2)44-35(11-7-17-57-44)46-37-23-51(3,4)30-70-50(69)38-12-8-18-65(60-38)48(67)39(22-43-58-40(25-72-43)33-13-16-41(36(37)21-33)64(46)29-53(54,55)56)59-47(66)45(32-9-5-6-10-32)61-19-20-71-52(26-61)27-62(28-52)49(68)42-24-63(42)34-14-15-34/h7,11,13,16-17,21,25,31-32,34,38-39,42,45,60H,5-6,8-10,12,14-15,18-20,22-24,26-30H2,1-4H3,(H,59,66)/t38-,39-,42+,45-,63?/m0/s1. The summed E-state index contributed by atoms with van der Waals surface area (Å²) in [5, 5.41) is 7.76. The third-order valence-electron chi connectivity index (χ3n) is 16.0. The molecule has 15 nitrogen and oxygen atoms in total. The van der Waals surface area contributed by atoms with Crippen LogP contribution in [0.1, 0.15) is 101 Å². The number of rotatable bonds is 9. The van der Waals surface area contributed by atoms with E-state index in [4.69, 9.17) is 14.5 Å². The normalized spacial score (nSPS) is 26.4. The van der Waals surface area contributed by atoms with Crippen LogP contribution in [0.2, 0.25) is 0 Å². The maximum Gasteiger partial charge on any atom is 0.406 e. The predicted octanol–water partition coefficient (Wildman–Crippen LogP) is 6.48. The summed E-state index contributed by atoms with van der Waals surface area (Å²) in [6.07, 6.45) is 4.47. The molecule has 5 atom stereocenters. The van der Waals surface area contributed by atoms with E-state index < -0.39 is 53.7 Å². The molecule has 3 amide bonds. The van der Waals surface area contributed by atoms with E-state index in [1.165, 1.54) is 20.9 Å². The average molecular weight is 1010 g/mol. The Labute approximate surface area is 422 Å². The van der Waals surface area contributed by atoms with Gasteiger partial charge in [-0.1, -0.05) is 46.6 Å². The predicted molar refractivity (Wildman–Crippen MR) is 264 cm³/mol. The zero-order chi connectivity index (χ0) is 50.3. The Hall–Kier alpha value is -4.95. The first-order valence-electron chi connectivity index (χ1n) is 26.0. The maximum absolute atomic E-state index is 15.1. The van der Waals surface area contributed by atoms with Crippen LogP contribution in [0.15, 0.2) is 41.9 Å². The molecule has 4 saturated heterocycles. The van der Waals surface area contributed by atoms with Crippen LogP contribution in [0.25, 0.3) is 33.4 Å². The minimum atomic E-state index is -4.54. The fourth-order valence-electron chi connectivity index (χ4n) is 12.3. The van der Waals surface area contributed by atoms with Gasteiger partial charge in [-0.05, 0) is 86.6 Å². The van der Waals surface area contributed by atoms with Crippen LogP contribution in [-0.2, 0) is 48.0 Å². The summed E-state index contributed by atoms with van der Waals surface area (Å²) in [7, 11) is 0. The third-order valence-corrected chi connectivity index (χ3v) is 16.9. The van der Waals surface area contributed by atoms with Crippen LogP contribution < -0.4 is 10.7 Å². The molecule has 4 aromatic rings. The molecule has 11 rings (SSSR count). The van der Waals surface area contributed by atoms with Crippen molar-refractivity contribution >= 4 is 45.9 Å². The molecule has 1 aromatic carbocycles. The Morgan fingerprint density at radius 1 is 1.01 bits per heavy atom. The van der Waals surface area contributed by atoms with Gasteiger partial charge in [0.1, 0.15) is 30.3 Å². The molecule has 5 aliphatic heterocycles. The van der Waals surface area contributed by atoms with Crippen molar-refractivity contribution in [1.82, 2.24) is 45.0 Å². The molecule has 19 heteroatoms. The van der Waals surface area contributed by atoms with Gasteiger partial charge < -0.3 is 24.3 Å². The first-order valence-corrected chi connectivity index (χ1v) is 26.9. The molecule has 7 aliphatic rings. The van der Waals surface area contributed by atoms with Gasteiger partial charge in [-0.25, -0.2) is 10.4 Å². The van der Waals surface area contributed by atoms with Crippen molar-refractivity contribution in [2.75, 3.05) is 52.5 Å². The highest BCUT2D eigenvalue weighted by atomic mass is 32.1. The number of hydrogen-bond donors (Lipinski definition) is 2. The smallest absolute Gasteiger partial charge is 0.406 e. The van der Waals surface area contributed by atoms with Crippen LogP contribution >= 0.6 is 11.3 Å². The molecule has 2 aliphatic carbocycles. The SMILES string of the molecule is CC(C)c1ncccc1-c1c2c3cc(ccc3n1CC(F)(F)F)-c1csc(n1)C[C@H](NC(=O)[C@H](C1CCCC1)N1CCOC3(CN(C(=O)[C@H]4CN4C4CC4)C3)C1)C(=O)N1CCC[C@H](N1)C(=O)OCC(C)(C)C2. The fraction of sp³-hybridized carbons (Fsp3) is 0.623. The second-order valence-corrected chi connectivity index (χ2v) is 23.6. The van der Waals surface area contributed by atoms with Gasteiger partial charge in [0.15, 0.2) is 0 Å². The van der Waals surface area contributed by atoms with Gasteiger partial charge >= 0.3 is 12.1 Å². The number of carbonyl (C=O) groups excluding carboxylic acids is 4. The molecule has 0 radical (unpaired) electrons. The lowest BCUT2D eigenvalue weighted by molar-refractivity contribution is -0.198. The zero-order valence-electron chi connectivity index (χ0n) is 41.6. The number of carbonyl (C=O) groups is 4. The van der Waals surface area contributed by atoms with Crippen molar-refractivity contribution < 1.29 is 41.8 Å². The molecule has 3 aromatic heterocycles. The number of hydrogen-bond acceptors (Lipinski definition) is 12. The molecule has 72 heavy (non-hydrogen) atoms. The number of alkyl halides is 3. The number of halogens is 3. The Morgan fingerprint density at radius 3 is 2.56 bits per heavy atom. The average Bonchev–Trinajstić information content (AvgIpc) is 4.21. The van der Waals surface area contributed by atoms with E-state index in [2.05, 4.69) is 25.5 Å². The van der Waals surface area contributed by atoms with E-state index in [0.29, 0.717) is 108 Å². The topological polar surface area (TPSA) is 154 Å². The van der Waals surface area contributed by atoms with Crippen LogP contribution in [0.3, 0.4) is 0 Å². The molecular weight excluding hydrogens is 948 g/mol. The summed E-state index contributed by atoms with van der Waals surface area (Å²) < 4.78 is 57.9. The summed E-state index contributed by atoms with van der Waals surface area (Å²) >= 11 is 1.35. The lowest BCUT2D eigenvalue weighted by Gasteiger charge is -2.55. The lowest BCUT2D eigenvalue weighted by Crippen LogP contribution is -2.73. The summed E-state index contributed by atoms with van der Waals surface area (Å²) in [5.41, 5.74) is 5.92. The van der Waals surface area contributed by atoms with Gasteiger partial charge in [-0.15, -0.1) is 11.3 Å². The summed E-state index contributed by atoms with van der Waals surface area (Å²) in [5.74, 6) is -1.04. The number of nitrogens with zero attached hydrogens (tertiary/aromatic N) is 7. The number of benzene rings is 1. The number of amides is 3. The zero-order valence-corrected chi connectivity index (χ0v) is 42.5. The molecular formula is C53H66F3N9O6S. The molecule has 1 spiro atoms. The van der Waals surface area contributed by atoms with Crippen molar-refractivity contribution in [2.45, 2.75) is 146 Å². The molecule has 386 valence electrons. The quantitative estimate of drug-likeness (QED) is 0.140. The fourth-order valence-corrected chi connectivity index (χ4v) is 13.2. The van der Waals surface area contributed by atoms with Gasteiger partial charge in [0.2, 0.25) is 11.8 Å². The molecule has 8 heterocycles. The second-order valence-electron chi connectivity index (χ2n) is 22.6. The number of aromatic nitrogens is 3. The summed E-state index contributed by atoms with van der Waals surface area (Å²) in [4.78, 5) is 73.5. The number of likely N-dealkylation sites (tertiary alicyclic amines) is 1.